The standard InChI is InChI=1S/C19H31N9OS.HI/c1-3-15-22-18(30-24-15)26-13-11-25(12-14-26)17(20-2)21-8-6-10-28-19(29)27-9-5-4-7-16(27)23-28;/h3-14H2,1-2H3,(H,20,21);1H. The summed E-state index contributed by atoms with van der Waals surface area (Å²) >= 11 is 1.49. The van der Waals surface area contributed by atoms with E-state index in [1.54, 1.807) is 4.68 Å². The predicted octanol–water partition coefficient (Wildman–Crippen LogP) is 1.20. The molecule has 4 rings (SSSR count). The summed E-state index contributed by atoms with van der Waals surface area (Å²) in [6, 6.07) is 0. The number of rotatable bonds is 6. The second-order valence-corrected chi connectivity index (χ2v) is 8.41. The fraction of sp³-hybridized carbons (Fsp3) is 0.737. The molecule has 1 N–H and O–H groups in total. The molecule has 0 saturated carbocycles. The Balaban J connectivity index is 0.00000272. The highest BCUT2D eigenvalue weighted by Crippen LogP contribution is 2.19. The molecule has 0 unspecified atom stereocenters. The maximum atomic E-state index is 12.4. The number of aliphatic imine (C=N–C) groups is 1. The van der Waals surface area contributed by atoms with Crippen molar-refractivity contribution in [3.05, 3.63) is 22.1 Å². The highest BCUT2D eigenvalue weighted by Gasteiger charge is 2.22. The molecule has 4 heterocycles. The van der Waals surface area contributed by atoms with Crippen molar-refractivity contribution in [3.63, 3.8) is 0 Å². The Morgan fingerprint density at radius 3 is 2.68 bits per heavy atom. The minimum atomic E-state index is 0. The number of piperazine rings is 1. The molecule has 2 aromatic heterocycles. The Morgan fingerprint density at radius 2 is 2.00 bits per heavy atom. The highest BCUT2D eigenvalue weighted by molar-refractivity contribution is 14.0. The monoisotopic (exact) mass is 561 g/mol. The molecule has 31 heavy (non-hydrogen) atoms. The van der Waals surface area contributed by atoms with E-state index in [4.69, 9.17) is 0 Å². The lowest BCUT2D eigenvalue weighted by molar-refractivity contribution is 0.371. The SMILES string of the molecule is CCc1nsc(N2CCN(C(=NC)NCCCn3nc4n(c3=O)CCCC4)CC2)n1.I. The van der Waals surface area contributed by atoms with Crippen molar-refractivity contribution in [1.29, 1.82) is 0 Å². The average Bonchev–Trinajstić information content (AvgIpc) is 3.39. The summed E-state index contributed by atoms with van der Waals surface area (Å²) in [7, 11) is 1.82. The van der Waals surface area contributed by atoms with Gasteiger partial charge in [-0.15, -0.1) is 24.0 Å². The number of guanidine groups is 1. The van der Waals surface area contributed by atoms with Gasteiger partial charge in [-0.1, -0.05) is 6.92 Å². The quantitative estimate of drug-likeness (QED) is 0.245. The summed E-state index contributed by atoms with van der Waals surface area (Å²) in [6.07, 6.45) is 4.82. The lowest BCUT2D eigenvalue weighted by Crippen LogP contribution is -2.52. The number of aromatic nitrogens is 5. The van der Waals surface area contributed by atoms with Crippen LogP contribution < -0.4 is 15.9 Å². The van der Waals surface area contributed by atoms with Crippen LogP contribution in [0.15, 0.2) is 9.79 Å². The van der Waals surface area contributed by atoms with E-state index in [2.05, 4.69) is 41.5 Å². The molecule has 1 saturated heterocycles. The van der Waals surface area contributed by atoms with Gasteiger partial charge in [-0.2, -0.15) is 9.47 Å². The topological polar surface area (TPSA) is 96.5 Å². The molecule has 2 aliphatic rings. The Labute approximate surface area is 203 Å². The predicted molar refractivity (Wildman–Crippen MR) is 134 cm³/mol. The lowest BCUT2D eigenvalue weighted by Gasteiger charge is -2.36. The maximum absolute atomic E-state index is 12.4. The molecule has 0 aliphatic carbocycles. The van der Waals surface area contributed by atoms with Gasteiger partial charge in [-0.3, -0.25) is 9.56 Å². The number of hydrogen-bond donors (Lipinski definition) is 1. The van der Waals surface area contributed by atoms with Gasteiger partial charge in [0.15, 0.2) is 5.96 Å². The summed E-state index contributed by atoms with van der Waals surface area (Å²) in [6.45, 7) is 7.90. The molecule has 2 aliphatic heterocycles. The van der Waals surface area contributed by atoms with Crippen LogP contribution in [0.2, 0.25) is 0 Å². The number of aryl methyl sites for hydroxylation is 3. The van der Waals surface area contributed by atoms with Crippen LogP contribution in [-0.4, -0.2) is 74.3 Å². The Bertz CT molecular complexity index is 929. The largest absolute Gasteiger partial charge is 0.356 e. The number of anilines is 1. The van der Waals surface area contributed by atoms with Gasteiger partial charge in [0.2, 0.25) is 5.13 Å². The zero-order valence-electron chi connectivity index (χ0n) is 18.3. The van der Waals surface area contributed by atoms with E-state index in [0.717, 1.165) is 94.1 Å². The molecule has 1 fully saturated rings. The zero-order chi connectivity index (χ0) is 20.9. The van der Waals surface area contributed by atoms with E-state index in [1.165, 1.54) is 11.5 Å². The third kappa shape index (κ3) is 5.57. The zero-order valence-corrected chi connectivity index (χ0v) is 21.4. The lowest BCUT2D eigenvalue weighted by atomic mass is 10.2. The van der Waals surface area contributed by atoms with Crippen LogP contribution in [0.1, 0.15) is 37.8 Å². The second kappa shape index (κ2) is 11.2. The molecule has 172 valence electrons. The minimum Gasteiger partial charge on any atom is -0.356 e. The number of nitrogens with zero attached hydrogens (tertiary/aromatic N) is 8. The van der Waals surface area contributed by atoms with E-state index in [9.17, 15) is 4.79 Å². The van der Waals surface area contributed by atoms with E-state index in [0.29, 0.717) is 6.54 Å². The van der Waals surface area contributed by atoms with E-state index in [1.807, 2.05) is 11.6 Å². The van der Waals surface area contributed by atoms with Gasteiger partial charge in [-0.25, -0.2) is 14.5 Å². The summed E-state index contributed by atoms with van der Waals surface area (Å²) in [5, 5.41) is 8.96. The van der Waals surface area contributed by atoms with Gasteiger partial charge in [0, 0.05) is 77.2 Å². The molecule has 2 aromatic rings. The van der Waals surface area contributed by atoms with Crippen molar-refractivity contribution < 1.29 is 0 Å². The molecular formula is C19H32IN9OS. The van der Waals surface area contributed by atoms with Crippen molar-refractivity contribution in [2.75, 3.05) is 44.7 Å². The van der Waals surface area contributed by atoms with Crippen LogP contribution in [0.25, 0.3) is 0 Å². The van der Waals surface area contributed by atoms with E-state index in [-0.39, 0.29) is 29.7 Å². The first-order chi connectivity index (χ1) is 14.7. The second-order valence-electron chi connectivity index (χ2n) is 7.68. The number of hydrogen-bond acceptors (Lipinski definition) is 7. The summed E-state index contributed by atoms with van der Waals surface area (Å²) in [5.74, 6) is 2.78. The van der Waals surface area contributed by atoms with Gasteiger partial charge in [0.25, 0.3) is 0 Å². The smallest absolute Gasteiger partial charge is 0.345 e. The maximum Gasteiger partial charge on any atom is 0.345 e. The Morgan fingerprint density at radius 1 is 1.19 bits per heavy atom. The van der Waals surface area contributed by atoms with E-state index >= 15 is 0 Å². The number of halogens is 1. The molecule has 0 atom stereocenters. The molecule has 0 spiro atoms. The summed E-state index contributed by atoms with van der Waals surface area (Å²) in [5.41, 5.74) is 0.0353. The molecule has 12 heteroatoms. The Kier molecular flexibility index (Phi) is 8.69. The molecule has 0 aromatic carbocycles. The van der Waals surface area contributed by atoms with Gasteiger partial charge in [0.1, 0.15) is 11.6 Å². The van der Waals surface area contributed by atoms with Crippen LogP contribution in [0, 0.1) is 0 Å². The molecular weight excluding hydrogens is 529 g/mol. The number of fused-ring (bicyclic) bond motifs is 1. The van der Waals surface area contributed by atoms with Crippen LogP contribution in [-0.2, 0) is 25.9 Å². The molecule has 10 nitrogen and oxygen atoms in total. The molecule has 0 bridgehead atoms. The van der Waals surface area contributed by atoms with Gasteiger partial charge < -0.3 is 15.1 Å². The minimum absolute atomic E-state index is 0. The summed E-state index contributed by atoms with van der Waals surface area (Å²) in [4.78, 5) is 26.0. The molecule has 0 amide bonds. The first-order valence-corrected chi connectivity index (χ1v) is 11.7. The van der Waals surface area contributed by atoms with Gasteiger partial charge in [-0.05, 0) is 19.3 Å². The first-order valence-electron chi connectivity index (χ1n) is 10.9. The molecule has 0 radical (unpaired) electrons. The normalized spacial score (nSPS) is 16.8. The van der Waals surface area contributed by atoms with Crippen molar-refractivity contribution in [2.24, 2.45) is 4.99 Å². The van der Waals surface area contributed by atoms with Crippen LogP contribution in [0.3, 0.4) is 0 Å². The third-order valence-corrected chi connectivity index (χ3v) is 6.51. The van der Waals surface area contributed by atoms with Crippen molar-refractivity contribution >= 4 is 46.6 Å². The van der Waals surface area contributed by atoms with Gasteiger partial charge in [0.05, 0.1) is 0 Å². The highest BCUT2D eigenvalue weighted by atomic mass is 127. The number of nitrogens with one attached hydrogen (secondary N) is 1. The van der Waals surface area contributed by atoms with Crippen LogP contribution in [0.4, 0.5) is 5.13 Å². The average molecular weight is 561 g/mol. The van der Waals surface area contributed by atoms with Crippen molar-refractivity contribution in [3.8, 4) is 0 Å². The van der Waals surface area contributed by atoms with E-state index < -0.39 is 0 Å². The van der Waals surface area contributed by atoms with Crippen molar-refractivity contribution in [2.45, 2.75) is 52.1 Å². The van der Waals surface area contributed by atoms with Crippen LogP contribution >= 0.6 is 35.5 Å². The van der Waals surface area contributed by atoms with Crippen LogP contribution in [0.5, 0.6) is 0 Å². The van der Waals surface area contributed by atoms with Crippen molar-refractivity contribution in [1.82, 2.24) is 33.9 Å². The fourth-order valence-corrected chi connectivity index (χ4v) is 4.78. The summed E-state index contributed by atoms with van der Waals surface area (Å²) < 4.78 is 7.84. The third-order valence-electron chi connectivity index (χ3n) is 5.70. The fourth-order valence-electron chi connectivity index (χ4n) is 3.98. The Hall–Kier alpha value is -1.70. The first kappa shape index (κ1) is 24.0. The van der Waals surface area contributed by atoms with Gasteiger partial charge >= 0.3 is 5.69 Å².